The Hall–Kier alpha value is -2.25. The van der Waals surface area contributed by atoms with E-state index in [-0.39, 0.29) is 22.8 Å². The van der Waals surface area contributed by atoms with Crippen LogP contribution in [0.25, 0.3) is 0 Å². The largest absolute Gasteiger partial charge is 0.447 e. The minimum absolute atomic E-state index is 0.0744. The number of piperidine rings is 1. The molecule has 5 rings (SSSR count). The lowest BCUT2D eigenvalue weighted by molar-refractivity contribution is -0.142. The standard InChI is InChI=1S/C20H21F3N2O3/c21-20(22,23)14-3-1-13(2-4-14)19-5-6-25(10-15(19)9-19)16(26)12-7-18(8-12)11-28-17(27)24-18/h1-4,12,15H,5-11H2,(H,24,27). The van der Waals surface area contributed by atoms with E-state index >= 15 is 0 Å². The van der Waals surface area contributed by atoms with Crippen LogP contribution in [0, 0.1) is 11.8 Å². The Kier molecular flexibility index (Phi) is 3.59. The third kappa shape index (κ3) is 2.68. The van der Waals surface area contributed by atoms with Gasteiger partial charge in [-0.15, -0.1) is 0 Å². The Balaban J connectivity index is 1.20. The summed E-state index contributed by atoms with van der Waals surface area (Å²) in [5.74, 6) is 0.351. The van der Waals surface area contributed by atoms with E-state index in [0.717, 1.165) is 30.5 Å². The van der Waals surface area contributed by atoms with Crippen LogP contribution in [0.3, 0.4) is 0 Å². The second-order valence-corrected chi connectivity index (χ2v) is 8.75. The van der Waals surface area contributed by atoms with Crippen molar-refractivity contribution in [1.82, 2.24) is 10.2 Å². The average Bonchev–Trinajstić information content (AvgIpc) is 3.25. The molecule has 2 amide bonds. The fourth-order valence-corrected chi connectivity index (χ4v) is 5.34. The highest BCUT2D eigenvalue weighted by atomic mass is 19.4. The monoisotopic (exact) mass is 394 g/mol. The average molecular weight is 394 g/mol. The summed E-state index contributed by atoms with van der Waals surface area (Å²) in [6, 6.07) is 5.50. The van der Waals surface area contributed by atoms with Gasteiger partial charge in [0, 0.05) is 24.4 Å². The topological polar surface area (TPSA) is 58.6 Å². The Morgan fingerprint density at radius 3 is 2.46 bits per heavy atom. The quantitative estimate of drug-likeness (QED) is 0.839. The van der Waals surface area contributed by atoms with E-state index in [1.54, 1.807) is 12.1 Å². The van der Waals surface area contributed by atoms with Gasteiger partial charge in [0.1, 0.15) is 6.61 Å². The fourth-order valence-electron chi connectivity index (χ4n) is 5.34. The molecule has 2 atom stereocenters. The summed E-state index contributed by atoms with van der Waals surface area (Å²) < 4.78 is 43.3. The number of nitrogens with one attached hydrogen (secondary N) is 1. The van der Waals surface area contributed by atoms with Crippen LogP contribution in [0.2, 0.25) is 0 Å². The van der Waals surface area contributed by atoms with Crippen molar-refractivity contribution in [3.8, 4) is 0 Å². The first-order valence-electron chi connectivity index (χ1n) is 9.62. The molecule has 0 bridgehead atoms. The molecule has 2 unspecified atom stereocenters. The highest BCUT2D eigenvalue weighted by molar-refractivity contribution is 5.82. The molecular weight excluding hydrogens is 373 g/mol. The highest BCUT2D eigenvalue weighted by Crippen LogP contribution is 2.59. The van der Waals surface area contributed by atoms with Crippen molar-refractivity contribution in [1.29, 1.82) is 0 Å². The van der Waals surface area contributed by atoms with Crippen LogP contribution < -0.4 is 5.32 Å². The minimum Gasteiger partial charge on any atom is -0.447 e. The smallest absolute Gasteiger partial charge is 0.416 e. The maximum absolute atomic E-state index is 12.8. The molecule has 2 heterocycles. The van der Waals surface area contributed by atoms with Crippen molar-refractivity contribution in [2.24, 2.45) is 11.8 Å². The lowest BCUT2D eigenvalue weighted by Gasteiger charge is -2.44. The number of cyclic esters (lactones) is 1. The van der Waals surface area contributed by atoms with Gasteiger partial charge in [-0.2, -0.15) is 13.2 Å². The molecule has 0 radical (unpaired) electrons. The van der Waals surface area contributed by atoms with Gasteiger partial charge in [0.15, 0.2) is 0 Å². The van der Waals surface area contributed by atoms with Gasteiger partial charge in [-0.05, 0) is 49.3 Å². The van der Waals surface area contributed by atoms with E-state index < -0.39 is 17.8 Å². The van der Waals surface area contributed by atoms with Crippen LogP contribution in [0.15, 0.2) is 24.3 Å². The minimum atomic E-state index is -4.32. The van der Waals surface area contributed by atoms with E-state index in [1.165, 1.54) is 0 Å². The van der Waals surface area contributed by atoms with Crippen LogP contribution in [0.4, 0.5) is 18.0 Å². The van der Waals surface area contributed by atoms with Crippen LogP contribution in [0.5, 0.6) is 0 Å². The van der Waals surface area contributed by atoms with Crippen LogP contribution in [-0.2, 0) is 21.1 Å². The third-order valence-electron chi connectivity index (χ3n) is 7.07. The molecule has 1 aromatic carbocycles. The maximum atomic E-state index is 12.8. The molecule has 2 aliphatic carbocycles. The zero-order valence-corrected chi connectivity index (χ0v) is 15.2. The molecule has 1 aromatic rings. The van der Waals surface area contributed by atoms with E-state index in [0.29, 0.717) is 38.5 Å². The Bertz CT molecular complexity index is 832. The van der Waals surface area contributed by atoms with E-state index in [4.69, 9.17) is 4.74 Å². The number of halogens is 3. The number of carbonyl (C=O) groups excluding carboxylic acids is 2. The van der Waals surface area contributed by atoms with Gasteiger partial charge in [0.05, 0.1) is 11.1 Å². The zero-order valence-electron chi connectivity index (χ0n) is 15.2. The first kappa shape index (κ1) is 17.8. The third-order valence-corrected chi connectivity index (χ3v) is 7.07. The van der Waals surface area contributed by atoms with E-state index in [9.17, 15) is 22.8 Å². The Labute approximate surface area is 160 Å². The summed E-state index contributed by atoms with van der Waals surface area (Å²) in [6.45, 7) is 1.62. The maximum Gasteiger partial charge on any atom is 0.416 e. The number of fused-ring (bicyclic) bond motifs is 1. The molecule has 2 saturated carbocycles. The number of benzene rings is 1. The van der Waals surface area contributed by atoms with Crippen LogP contribution >= 0.6 is 0 Å². The molecular formula is C20H21F3N2O3. The normalized spacial score (nSPS) is 36.4. The van der Waals surface area contributed by atoms with Crippen molar-refractivity contribution < 1.29 is 27.5 Å². The summed E-state index contributed by atoms with van der Waals surface area (Å²) in [5.41, 5.74) is -0.114. The van der Waals surface area contributed by atoms with Gasteiger partial charge in [-0.3, -0.25) is 4.79 Å². The molecule has 1 N–H and O–H groups in total. The zero-order chi connectivity index (χ0) is 19.7. The van der Waals surface area contributed by atoms with Gasteiger partial charge in [-0.25, -0.2) is 4.79 Å². The highest BCUT2D eigenvalue weighted by Gasteiger charge is 2.59. The molecule has 2 saturated heterocycles. The second-order valence-electron chi connectivity index (χ2n) is 8.75. The summed E-state index contributed by atoms with van der Waals surface area (Å²) in [7, 11) is 0. The van der Waals surface area contributed by atoms with Crippen molar-refractivity contribution in [3.05, 3.63) is 35.4 Å². The van der Waals surface area contributed by atoms with E-state index in [2.05, 4.69) is 5.32 Å². The molecule has 150 valence electrons. The molecule has 4 aliphatic rings. The lowest BCUT2D eigenvalue weighted by Crippen LogP contribution is -2.58. The molecule has 28 heavy (non-hydrogen) atoms. The number of amides is 2. The van der Waals surface area contributed by atoms with Crippen LogP contribution in [0.1, 0.15) is 36.8 Å². The first-order chi connectivity index (χ1) is 13.2. The summed E-state index contributed by atoms with van der Waals surface area (Å²) >= 11 is 0. The number of likely N-dealkylation sites (tertiary alicyclic amines) is 1. The molecule has 2 aliphatic heterocycles. The van der Waals surface area contributed by atoms with Gasteiger partial charge in [0.2, 0.25) is 5.91 Å². The molecule has 4 fully saturated rings. The summed E-state index contributed by atoms with van der Waals surface area (Å²) in [6.07, 6.45) is -1.80. The number of rotatable bonds is 2. The summed E-state index contributed by atoms with van der Waals surface area (Å²) in [4.78, 5) is 25.9. The second kappa shape index (κ2) is 5.64. The van der Waals surface area contributed by atoms with Crippen molar-refractivity contribution in [2.45, 2.75) is 42.8 Å². The first-order valence-corrected chi connectivity index (χ1v) is 9.62. The number of alkyl carbamates (subject to hydrolysis) is 1. The number of ether oxygens (including phenoxy) is 1. The number of hydrogen-bond donors (Lipinski definition) is 1. The number of nitrogens with zero attached hydrogens (tertiary/aromatic N) is 1. The number of hydrogen-bond acceptors (Lipinski definition) is 3. The Morgan fingerprint density at radius 1 is 1.18 bits per heavy atom. The molecule has 8 heteroatoms. The van der Waals surface area contributed by atoms with Gasteiger partial charge in [-0.1, -0.05) is 12.1 Å². The lowest BCUT2D eigenvalue weighted by atomic mass is 9.68. The van der Waals surface area contributed by atoms with Crippen molar-refractivity contribution in [3.63, 3.8) is 0 Å². The van der Waals surface area contributed by atoms with Gasteiger partial charge < -0.3 is 15.0 Å². The van der Waals surface area contributed by atoms with Crippen molar-refractivity contribution >= 4 is 12.0 Å². The number of carbonyl (C=O) groups is 2. The SMILES string of the molecule is O=C1NC2(CO1)CC(C(=O)N1CCC3(c4ccc(C(F)(F)F)cc4)CC3C1)C2. The van der Waals surface area contributed by atoms with Gasteiger partial charge >= 0.3 is 12.3 Å². The molecule has 5 nitrogen and oxygen atoms in total. The van der Waals surface area contributed by atoms with Crippen LogP contribution in [-0.4, -0.2) is 42.1 Å². The molecule has 1 spiro atoms. The predicted molar refractivity (Wildman–Crippen MR) is 92.4 cm³/mol. The number of alkyl halides is 3. The van der Waals surface area contributed by atoms with Crippen molar-refractivity contribution in [2.75, 3.05) is 19.7 Å². The summed E-state index contributed by atoms with van der Waals surface area (Å²) in [5, 5.41) is 2.80. The Morgan fingerprint density at radius 2 is 1.89 bits per heavy atom. The van der Waals surface area contributed by atoms with Gasteiger partial charge in [0.25, 0.3) is 0 Å². The predicted octanol–water partition coefficient (Wildman–Crippen LogP) is 3.08. The van der Waals surface area contributed by atoms with E-state index in [1.807, 2.05) is 4.90 Å². The molecule has 0 aromatic heterocycles. The fraction of sp³-hybridized carbons (Fsp3) is 0.600.